The summed E-state index contributed by atoms with van der Waals surface area (Å²) in [4.78, 5) is 24.1. The predicted molar refractivity (Wildman–Crippen MR) is 139 cm³/mol. The molecule has 0 aliphatic rings. The molecule has 3 rings (SSSR count). The zero-order valence-electron chi connectivity index (χ0n) is 18.3. The molecule has 2 aromatic carbocycles. The van der Waals surface area contributed by atoms with Crippen molar-refractivity contribution in [3.8, 4) is 11.3 Å². The number of amides is 1. The lowest BCUT2D eigenvalue weighted by molar-refractivity contribution is -0.115. The number of ether oxygens (including phenoxy) is 1. The maximum absolute atomic E-state index is 12.2. The van der Waals surface area contributed by atoms with Gasteiger partial charge in [-0.2, -0.15) is 0 Å². The van der Waals surface area contributed by atoms with Crippen molar-refractivity contribution in [3.05, 3.63) is 82.0 Å². The molecule has 0 fully saturated rings. The van der Waals surface area contributed by atoms with Gasteiger partial charge in [0.15, 0.2) is 5.11 Å². The Balaban J connectivity index is 1.51. The fourth-order valence-corrected chi connectivity index (χ4v) is 3.59. The van der Waals surface area contributed by atoms with Crippen molar-refractivity contribution in [3.63, 3.8) is 0 Å². The average Bonchev–Trinajstić information content (AvgIpc) is 3.27. The summed E-state index contributed by atoms with van der Waals surface area (Å²) in [5.41, 5.74) is 1.79. The van der Waals surface area contributed by atoms with E-state index < -0.39 is 5.91 Å². The minimum atomic E-state index is -0.433. The van der Waals surface area contributed by atoms with Gasteiger partial charge >= 0.3 is 5.97 Å². The van der Waals surface area contributed by atoms with E-state index in [1.807, 2.05) is 6.92 Å². The lowest BCUT2D eigenvalue weighted by atomic mass is 10.2. The largest absolute Gasteiger partial charge is 0.462 e. The van der Waals surface area contributed by atoms with Crippen LogP contribution >= 0.6 is 35.4 Å². The zero-order chi connectivity index (χ0) is 24.5. The quantitative estimate of drug-likeness (QED) is 0.149. The minimum Gasteiger partial charge on any atom is -0.462 e. The third-order valence-electron chi connectivity index (χ3n) is 4.52. The number of anilines is 1. The molecule has 1 heterocycles. The minimum absolute atomic E-state index is 0.113. The van der Waals surface area contributed by atoms with Crippen LogP contribution in [0.25, 0.3) is 17.4 Å². The summed E-state index contributed by atoms with van der Waals surface area (Å²) in [5, 5.41) is 6.55. The Hall–Kier alpha value is -3.13. The molecule has 0 aliphatic heterocycles. The molecule has 176 valence electrons. The second-order valence-corrected chi connectivity index (χ2v) is 8.48. The fourth-order valence-electron chi connectivity index (χ4n) is 2.85. The van der Waals surface area contributed by atoms with Crippen LogP contribution in [0.5, 0.6) is 0 Å². The van der Waals surface area contributed by atoms with Crippen LogP contribution in [0.15, 0.2) is 65.1 Å². The van der Waals surface area contributed by atoms with E-state index in [0.29, 0.717) is 39.4 Å². The second-order valence-electron chi connectivity index (χ2n) is 7.20. The smallest absolute Gasteiger partial charge is 0.338 e. The Morgan fingerprint density at radius 2 is 1.76 bits per heavy atom. The van der Waals surface area contributed by atoms with E-state index >= 15 is 0 Å². The number of halogens is 2. The number of esters is 1. The number of carbonyl (C=O) groups is 2. The van der Waals surface area contributed by atoms with Crippen molar-refractivity contribution in [1.29, 1.82) is 0 Å². The third-order valence-corrected chi connectivity index (χ3v) is 5.16. The zero-order valence-corrected chi connectivity index (χ0v) is 20.6. The molecule has 0 unspecified atom stereocenters. The van der Waals surface area contributed by atoms with Gasteiger partial charge in [0.2, 0.25) is 5.91 Å². The number of nitrogens with one attached hydrogen (secondary N) is 2. The van der Waals surface area contributed by atoms with Crippen molar-refractivity contribution in [2.24, 2.45) is 0 Å². The molecule has 34 heavy (non-hydrogen) atoms. The van der Waals surface area contributed by atoms with Crippen molar-refractivity contribution >= 4 is 64.2 Å². The molecule has 0 bridgehead atoms. The van der Waals surface area contributed by atoms with Crippen LogP contribution in [0, 0.1) is 0 Å². The third kappa shape index (κ3) is 7.73. The average molecular weight is 517 g/mol. The number of benzene rings is 2. The van der Waals surface area contributed by atoms with Gasteiger partial charge in [0.1, 0.15) is 11.5 Å². The summed E-state index contributed by atoms with van der Waals surface area (Å²) in [5.74, 6) is 0.235. The second kappa shape index (κ2) is 12.4. The van der Waals surface area contributed by atoms with Gasteiger partial charge in [-0.3, -0.25) is 10.1 Å². The van der Waals surface area contributed by atoms with Crippen molar-refractivity contribution in [1.82, 2.24) is 5.32 Å². The first-order valence-electron chi connectivity index (χ1n) is 10.5. The van der Waals surface area contributed by atoms with Crippen molar-refractivity contribution < 1.29 is 18.7 Å². The molecular formula is C25H22Cl2N2O4S. The summed E-state index contributed by atoms with van der Waals surface area (Å²) in [6.07, 6.45) is 4.60. The number of thiocarbonyl (C=S) groups is 1. The molecule has 9 heteroatoms. The van der Waals surface area contributed by atoms with Crippen LogP contribution < -0.4 is 10.6 Å². The van der Waals surface area contributed by atoms with E-state index in [0.717, 1.165) is 18.4 Å². The molecule has 3 aromatic rings. The highest BCUT2D eigenvalue weighted by Gasteiger charge is 2.09. The van der Waals surface area contributed by atoms with Crippen molar-refractivity contribution in [2.45, 2.75) is 19.8 Å². The van der Waals surface area contributed by atoms with Crippen LogP contribution in [0.4, 0.5) is 5.69 Å². The van der Waals surface area contributed by atoms with Crippen LogP contribution in [-0.2, 0) is 9.53 Å². The Labute approximate surface area is 212 Å². The van der Waals surface area contributed by atoms with Gasteiger partial charge in [-0.05, 0) is 79.3 Å². The Bertz CT molecular complexity index is 1190. The number of hydrogen-bond acceptors (Lipinski definition) is 5. The molecule has 1 aromatic heterocycles. The van der Waals surface area contributed by atoms with Gasteiger partial charge in [0.25, 0.3) is 0 Å². The number of hydrogen-bond donors (Lipinski definition) is 2. The molecule has 0 radical (unpaired) electrons. The Morgan fingerprint density at radius 1 is 1.06 bits per heavy atom. The van der Waals surface area contributed by atoms with E-state index in [4.69, 9.17) is 44.6 Å². The first kappa shape index (κ1) is 25.5. The topological polar surface area (TPSA) is 80.6 Å². The monoisotopic (exact) mass is 516 g/mol. The fraction of sp³-hybridized carbons (Fsp3) is 0.160. The van der Waals surface area contributed by atoms with Gasteiger partial charge in [-0.1, -0.05) is 36.5 Å². The van der Waals surface area contributed by atoms with Crippen LogP contribution in [-0.4, -0.2) is 23.6 Å². The number of unbranched alkanes of at least 4 members (excludes halogenated alkanes) is 1. The molecule has 0 spiro atoms. The summed E-state index contributed by atoms with van der Waals surface area (Å²) in [6.45, 7) is 2.42. The van der Waals surface area contributed by atoms with Crippen LogP contribution in [0.2, 0.25) is 10.0 Å². The predicted octanol–water partition coefficient (Wildman–Crippen LogP) is 6.74. The highest BCUT2D eigenvalue weighted by Crippen LogP contribution is 2.28. The van der Waals surface area contributed by atoms with Gasteiger partial charge in [-0.25, -0.2) is 4.79 Å². The van der Waals surface area contributed by atoms with Gasteiger partial charge < -0.3 is 14.5 Å². The number of carbonyl (C=O) groups excluding carboxylic acids is 2. The standard InChI is InChI=1S/C25H22Cl2N2O4S/c1-2-3-12-32-24(31)16-4-6-20(7-5-16)28-25(34)29-23(30)11-9-21-8-10-22(33-21)17-13-18(26)15-19(27)14-17/h4-11,13-15H,2-3,12H2,1H3,(H2,28,29,30,34)/b11-9+. The first-order valence-corrected chi connectivity index (χ1v) is 11.6. The molecule has 2 N–H and O–H groups in total. The first-order chi connectivity index (χ1) is 16.3. The summed E-state index contributed by atoms with van der Waals surface area (Å²) in [7, 11) is 0. The Kier molecular flexibility index (Phi) is 9.27. The van der Waals surface area contributed by atoms with E-state index in [9.17, 15) is 9.59 Å². The Morgan fingerprint density at radius 3 is 2.44 bits per heavy atom. The summed E-state index contributed by atoms with van der Waals surface area (Å²) < 4.78 is 10.9. The molecular weight excluding hydrogens is 495 g/mol. The van der Waals surface area contributed by atoms with E-state index in [2.05, 4.69) is 10.6 Å². The number of furan rings is 1. The summed E-state index contributed by atoms with van der Waals surface area (Å²) >= 11 is 17.2. The van der Waals surface area contributed by atoms with Crippen molar-refractivity contribution in [2.75, 3.05) is 11.9 Å². The highest BCUT2D eigenvalue weighted by molar-refractivity contribution is 7.80. The van der Waals surface area contributed by atoms with Crippen LogP contribution in [0.1, 0.15) is 35.9 Å². The maximum Gasteiger partial charge on any atom is 0.338 e. The van der Waals surface area contributed by atoms with Gasteiger partial charge in [0, 0.05) is 27.4 Å². The molecule has 1 amide bonds. The number of rotatable bonds is 8. The summed E-state index contributed by atoms with van der Waals surface area (Å²) in [6, 6.07) is 15.2. The van der Waals surface area contributed by atoms with Gasteiger partial charge in [0.05, 0.1) is 12.2 Å². The lowest BCUT2D eigenvalue weighted by Gasteiger charge is -2.09. The normalized spacial score (nSPS) is 10.8. The molecule has 6 nitrogen and oxygen atoms in total. The molecule has 0 atom stereocenters. The van der Waals surface area contributed by atoms with Gasteiger partial charge in [-0.15, -0.1) is 0 Å². The molecule has 0 saturated carbocycles. The van der Waals surface area contributed by atoms with E-state index in [-0.39, 0.29) is 11.1 Å². The van der Waals surface area contributed by atoms with E-state index in [1.165, 1.54) is 12.2 Å². The lowest BCUT2D eigenvalue weighted by Crippen LogP contribution is -2.32. The maximum atomic E-state index is 12.2. The van der Waals surface area contributed by atoms with E-state index in [1.54, 1.807) is 54.6 Å². The molecule has 0 saturated heterocycles. The molecule has 0 aliphatic carbocycles. The SMILES string of the molecule is CCCCOC(=O)c1ccc(NC(=S)NC(=O)/C=C/c2ccc(-c3cc(Cl)cc(Cl)c3)o2)cc1. The highest BCUT2D eigenvalue weighted by atomic mass is 35.5. The van der Waals surface area contributed by atoms with Crippen LogP contribution in [0.3, 0.4) is 0 Å².